The Morgan fingerprint density at radius 1 is 0.347 bits per heavy atom. The number of fused-ring (bicyclic) bond motifs is 7. The van der Waals surface area contributed by atoms with E-state index in [1.165, 1.54) is 0 Å². The van der Waals surface area contributed by atoms with Gasteiger partial charge in [0.25, 0.3) is 0 Å². The first-order chi connectivity index (χ1) is 36.8. The van der Waals surface area contributed by atoms with Gasteiger partial charge in [0.05, 0.1) is 41.1 Å². The molecule has 0 unspecified atom stereocenters. The van der Waals surface area contributed by atoms with Gasteiger partial charge in [-0.1, -0.05) is 157 Å². The van der Waals surface area contributed by atoms with Gasteiger partial charge in [0.15, 0.2) is 0 Å². The van der Waals surface area contributed by atoms with Crippen LogP contribution in [0.3, 0.4) is 0 Å². The molecule has 0 saturated heterocycles. The zero-order chi connectivity index (χ0) is 58.4. The zero-order valence-electron chi connectivity index (χ0n) is 54.4. The van der Waals surface area contributed by atoms with Gasteiger partial charge in [-0.15, -0.1) is 0 Å². The molecule has 228 valence electrons. The maximum absolute atomic E-state index is 9.64. The van der Waals surface area contributed by atoms with Crippen molar-refractivity contribution in [1.82, 2.24) is 0 Å². The van der Waals surface area contributed by atoms with Crippen molar-refractivity contribution in [2.75, 3.05) is 0 Å². The highest BCUT2D eigenvalue weighted by atomic mass is 16.3. The van der Waals surface area contributed by atoms with E-state index in [2.05, 4.69) is 0 Å². The minimum absolute atomic E-state index is 0.603. The standard InChI is InChI=1S/C48H30O/c1-3-14-31(15-4-1)33-26-28-36-34(30-33)27-29-43-47-42(24-13-25-44(47)49-48(36)43)46-40-22-11-9-20-38(40)45(39-21-10-12-23-41(39)46)37-19-8-7-18-35(37)32-16-5-2-6-17-32/h1-30H/i1D,2D,3D,4D,5D,6D,7D,8D,9D,10D,11D,12D,13D,14D,15D,16D,17D,18D,19D,20D,21D,22D,23D,24D,25D,26D,27D,28D,29D,30D. The molecule has 1 nitrogen and oxygen atoms in total. The molecule has 10 aromatic rings. The molecule has 0 fully saturated rings. The van der Waals surface area contributed by atoms with E-state index >= 15 is 0 Å². The molecular weight excluding hydrogens is 593 g/mol. The van der Waals surface area contributed by atoms with Crippen LogP contribution in [-0.4, -0.2) is 0 Å². The Balaban J connectivity index is 1.52. The summed E-state index contributed by atoms with van der Waals surface area (Å²) in [4.78, 5) is 0. The summed E-state index contributed by atoms with van der Waals surface area (Å²) in [6.07, 6.45) is 0. The molecule has 0 bridgehead atoms. The molecule has 0 atom stereocenters. The average molecular weight is 653 g/mol. The lowest BCUT2D eigenvalue weighted by atomic mass is 9.83. The lowest BCUT2D eigenvalue weighted by Crippen LogP contribution is -1.93. The van der Waals surface area contributed by atoms with Gasteiger partial charge in [-0.3, -0.25) is 0 Å². The number of hydrogen-bond acceptors (Lipinski definition) is 1. The summed E-state index contributed by atoms with van der Waals surface area (Å²) in [6.45, 7) is 0. The summed E-state index contributed by atoms with van der Waals surface area (Å²) in [5, 5.41) is -5.71. The highest BCUT2D eigenvalue weighted by Gasteiger charge is 2.22. The van der Waals surface area contributed by atoms with Gasteiger partial charge in [0, 0.05) is 16.2 Å². The van der Waals surface area contributed by atoms with Crippen LogP contribution in [0.2, 0.25) is 0 Å². The fourth-order valence-electron chi connectivity index (χ4n) is 5.94. The van der Waals surface area contributed by atoms with Crippen LogP contribution in [0.1, 0.15) is 41.1 Å². The predicted molar refractivity (Wildman–Crippen MR) is 208 cm³/mol. The zero-order valence-corrected chi connectivity index (χ0v) is 24.4. The number of hydrogen-bond donors (Lipinski definition) is 0. The van der Waals surface area contributed by atoms with E-state index in [1.54, 1.807) is 0 Å². The molecule has 0 spiro atoms. The van der Waals surface area contributed by atoms with E-state index in [0.717, 1.165) is 0 Å². The molecular formula is C48H30O. The summed E-state index contributed by atoms with van der Waals surface area (Å²) in [7, 11) is 0. The van der Waals surface area contributed by atoms with Gasteiger partial charge in [-0.2, -0.15) is 0 Å². The van der Waals surface area contributed by atoms with Gasteiger partial charge in [0.2, 0.25) is 0 Å². The summed E-state index contributed by atoms with van der Waals surface area (Å²) < 4.78 is 276. The summed E-state index contributed by atoms with van der Waals surface area (Å²) in [5.74, 6) is 0. The van der Waals surface area contributed by atoms with Crippen LogP contribution in [0, 0.1) is 0 Å². The van der Waals surface area contributed by atoms with Gasteiger partial charge >= 0.3 is 0 Å². The molecule has 0 radical (unpaired) electrons. The van der Waals surface area contributed by atoms with E-state index in [9.17, 15) is 15.1 Å². The van der Waals surface area contributed by atoms with Crippen LogP contribution in [0.15, 0.2) is 186 Å². The molecule has 0 amide bonds. The van der Waals surface area contributed by atoms with Crippen molar-refractivity contribution in [3.8, 4) is 44.5 Å². The Bertz CT molecular complexity index is 4460. The molecule has 0 aliphatic heterocycles. The van der Waals surface area contributed by atoms with Crippen LogP contribution >= 0.6 is 0 Å². The van der Waals surface area contributed by atoms with E-state index in [1.807, 2.05) is 0 Å². The molecule has 49 heavy (non-hydrogen) atoms. The topological polar surface area (TPSA) is 13.1 Å². The van der Waals surface area contributed by atoms with Crippen molar-refractivity contribution in [2.24, 2.45) is 0 Å². The van der Waals surface area contributed by atoms with Crippen molar-refractivity contribution < 1.29 is 45.5 Å². The van der Waals surface area contributed by atoms with Gasteiger partial charge in [-0.25, -0.2) is 0 Å². The first-order valence-electron chi connectivity index (χ1n) is 29.4. The van der Waals surface area contributed by atoms with Crippen LogP contribution in [0.4, 0.5) is 0 Å². The van der Waals surface area contributed by atoms with Crippen molar-refractivity contribution in [3.63, 3.8) is 0 Å². The molecule has 1 heterocycles. The molecule has 0 aliphatic carbocycles. The number of benzene rings is 9. The van der Waals surface area contributed by atoms with E-state index in [0.29, 0.717) is 0 Å². The average Bonchev–Trinajstić information content (AvgIpc) is 4.07. The number of rotatable bonds is 4. The molecule has 0 N–H and O–H groups in total. The SMILES string of the molecule is [2H]c1c([2H])c([2H])c(-c2c([2H])c([2H])c([2H])c([2H])c2-c2c3c([2H])c([2H])c([2H])c([2H])c3c(-c3c([2H])c([2H])c([2H])c4oc5c6c([2H])c([2H])c(-c7c([2H])c([2H])c([2H])c([2H])c7[2H])c([2H])c6c([2H])c([2H])c5c34)c3c([2H])c([2H])c([2H])c([2H])c23)c([2H])c1[2H]. The van der Waals surface area contributed by atoms with Gasteiger partial charge in [-0.05, 0) is 95.6 Å². The Morgan fingerprint density at radius 3 is 1.55 bits per heavy atom. The fourth-order valence-corrected chi connectivity index (χ4v) is 5.94. The second-order valence-electron chi connectivity index (χ2n) is 10.5. The largest absolute Gasteiger partial charge is 0.455 e. The van der Waals surface area contributed by atoms with Crippen LogP contribution in [0.25, 0.3) is 98.8 Å². The van der Waals surface area contributed by atoms with Crippen molar-refractivity contribution in [1.29, 1.82) is 0 Å². The maximum atomic E-state index is 9.64. The maximum Gasteiger partial charge on any atom is 0.143 e. The molecule has 9 aromatic carbocycles. The Kier molecular flexibility index (Phi) is 2.50. The third kappa shape index (κ3) is 4.33. The van der Waals surface area contributed by atoms with Crippen LogP contribution in [-0.2, 0) is 0 Å². The monoisotopic (exact) mass is 652 g/mol. The van der Waals surface area contributed by atoms with E-state index < -0.39 is 280 Å². The second-order valence-corrected chi connectivity index (χ2v) is 10.5. The second kappa shape index (κ2) is 11.1. The first kappa shape index (κ1) is 11.1. The highest BCUT2D eigenvalue weighted by Crippen LogP contribution is 2.48. The Morgan fingerprint density at radius 2 is 0.878 bits per heavy atom. The van der Waals surface area contributed by atoms with Crippen LogP contribution in [0.5, 0.6) is 0 Å². The predicted octanol–water partition coefficient (Wildman–Crippen LogP) is 13.7. The molecule has 1 aromatic heterocycles. The third-order valence-electron chi connectivity index (χ3n) is 7.94. The fraction of sp³-hybridized carbons (Fsp3) is 0. The summed E-state index contributed by atoms with van der Waals surface area (Å²) in [6, 6.07) is -29.5. The third-order valence-corrected chi connectivity index (χ3v) is 7.94. The van der Waals surface area contributed by atoms with Crippen molar-refractivity contribution in [3.05, 3.63) is 181 Å². The Labute approximate surface area is 326 Å². The molecule has 1 heteroatoms. The lowest BCUT2D eigenvalue weighted by Gasteiger charge is -2.20. The minimum Gasteiger partial charge on any atom is -0.455 e. The minimum atomic E-state index is -1.09. The summed E-state index contributed by atoms with van der Waals surface area (Å²) >= 11 is 0. The van der Waals surface area contributed by atoms with Crippen molar-refractivity contribution >= 4 is 54.3 Å². The summed E-state index contributed by atoms with van der Waals surface area (Å²) in [5.41, 5.74) is -7.75. The first-order valence-corrected chi connectivity index (χ1v) is 14.4. The molecule has 0 saturated carbocycles. The van der Waals surface area contributed by atoms with E-state index in [-0.39, 0.29) is 0 Å². The Hall–Kier alpha value is -6.44. The van der Waals surface area contributed by atoms with Gasteiger partial charge in [0.1, 0.15) is 11.2 Å². The highest BCUT2D eigenvalue weighted by molar-refractivity contribution is 6.27. The molecule has 0 aliphatic rings. The van der Waals surface area contributed by atoms with Crippen LogP contribution < -0.4 is 0 Å². The normalized spacial score (nSPS) is 20.2. The molecule has 10 rings (SSSR count). The lowest BCUT2D eigenvalue weighted by molar-refractivity contribution is 0.673. The quantitative estimate of drug-likeness (QED) is 0.172. The van der Waals surface area contributed by atoms with Gasteiger partial charge < -0.3 is 4.42 Å². The smallest absolute Gasteiger partial charge is 0.143 e. The van der Waals surface area contributed by atoms with E-state index in [4.69, 9.17) is 30.5 Å². The van der Waals surface area contributed by atoms with Crippen molar-refractivity contribution in [2.45, 2.75) is 0 Å². The number of furan rings is 1.